The molecule has 1 aliphatic heterocycles. The van der Waals surface area contributed by atoms with E-state index in [1.54, 1.807) is 18.2 Å². The standard InChI is InChI=1S/C13H20ClN3O2S/c1-2-16-5-7-17(8-6-16)20(18,19)13-9-11(10-15)3-4-12(13)14/h3-4,9H,2,5-8,10,15H2,1H3. The van der Waals surface area contributed by atoms with Gasteiger partial charge in [-0.1, -0.05) is 24.6 Å². The second-order valence-corrected chi connectivity index (χ2v) is 7.12. The Morgan fingerprint density at radius 2 is 1.90 bits per heavy atom. The Balaban J connectivity index is 2.27. The fourth-order valence-corrected chi connectivity index (χ4v) is 4.24. The smallest absolute Gasteiger partial charge is 0.244 e. The topological polar surface area (TPSA) is 66.6 Å². The maximum Gasteiger partial charge on any atom is 0.244 e. The largest absolute Gasteiger partial charge is 0.326 e. The fourth-order valence-electron chi connectivity index (χ4n) is 2.30. The third-order valence-corrected chi connectivity index (χ3v) is 6.01. The zero-order valence-corrected chi connectivity index (χ0v) is 13.1. The van der Waals surface area contributed by atoms with Gasteiger partial charge in [0.2, 0.25) is 10.0 Å². The van der Waals surface area contributed by atoms with Gasteiger partial charge < -0.3 is 10.6 Å². The highest BCUT2D eigenvalue weighted by molar-refractivity contribution is 7.89. The molecular weight excluding hydrogens is 298 g/mol. The molecule has 1 saturated heterocycles. The van der Waals surface area contributed by atoms with Gasteiger partial charge in [-0.05, 0) is 24.2 Å². The van der Waals surface area contributed by atoms with Gasteiger partial charge in [-0.2, -0.15) is 4.31 Å². The van der Waals surface area contributed by atoms with Crippen molar-refractivity contribution >= 4 is 21.6 Å². The number of hydrogen-bond donors (Lipinski definition) is 1. The predicted molar refractivity (Wildman–Crippen MR) is 80.2 cm³/mol. The molecule has 0 unspecified atom stereocenters. The summed E-state index contributed by atoms with van der Waals surface area (Å²) in [7, 11) is -3.54. The number of hydrogen-bond acceptors (Lipinski definition) is 4. The van der Waals surface area contributed by atoms with Gasteiger partial charge in [-0.25, -0.2) is 8.42 Å². The van der Waals surface area contributed by atoms with E-state index in [9.17, 15) is 8.42 Å². The highest BCUT2D eigenvalue weighted by Gasteiger charge is 2.29. The van der Waals surface area contributed by atoms with Crippen molar-refractivity contribution < 1.29 is 8.42 Å². The van der Waals surface area contributed by atoms with Gasteiger partial charge in [0.05, 0.1) is 5.02 Å². The van der Waals surface area contributed by atoms with Crippen LogP contribution in [0.15, 0.2) is 23.1 Å². The van der Waals surface area contributed by atoms with Crippen molar-refractivity contribution in [1.82, 2.24) is 9.21 Å². The second kappa shape index (κ2) is 6.41. The van der Waals surface area contributed by atoms with E-state index in [1.165, 1.54) is 4.31 Å². The molecule has 2 rings (SSSR count). The maximum absolute atomic E-state index is 12.7. The third-order valence-electron chi connectivity index (χ3n) is 3.63. The summed E-state index contributed by atoms with van der Waals surface area (Å²) in [5.41, 5.74) is 6.33. The Bertz CT molecular complexity index is 569. The summed E-state index contributed by atoms with van der Waals surface area (Å²) >= 11 is 6.06. The summed E-state index contributed by atoms with van der Waals surface area (Å²) in [6.45, 7) is 5.82. The van der Waals surface area contributed by atoms with Gasteiger partial charge in [0.1, 0.15) is 4.90 Å². The predicted octanol–water partition coefficient (Wildman–Crippen LogP) is 1.12. The van der Waals surface area contributed by atoms with Crippen molar-refractivity contribution in [1.29, 1.82) is 0 Å². The number of sulfonamides is 1. The molecule has 1 heterocycles. The Morgan fingerprint density at radius 3 is 2.45 bits per heavy atom. The van der Waals surface area contributed by atoms with E-state index in [0.29, 0.717) is 19.6 Å². The van der Waals surface area contributed by atoms with Gasteiger partial charge >= 0.3 is 0 Å². The molecule has 1 fully saturated rings. The van der Waals surface area contributed by atoms with Crippen molar-refractivity contribution in [3.63, 3.8) is 0 Å². The number of halogens is 1. The summed E-state index contributed by atoms with van der Waals surface area (Å²) in [6.07, 6.45) is 0. The first-order valence-corrected chi connectivity index (χ1v) is 8.52. The van der Waals surface area contributed by atoms with Gasteiger partial charge in [-0.15, -0.1) is 0 Å². The Kier molecular flexibility index (Phi) is 5.04. The van der Waals surface area contributed by atoms with Gasteiger partial charge in [-0.3, -0.25) is 0 Å². The average molecular weight is 318 g/mol. The normalized spacial score (nSPS) is 18.4. The van der Waals surface area contributed by atoms with E-state index in [-0.39, 0.29) is 9.92 Å². The molecule has 112 valence electrons. The summed E-state index contributed by atoms with van der Waals surface area (Å²) in [4.78, 5) is 2.39. The molecule has 7 heteroatoms. The molecule has 20 heavy (non-hydrogen) atoms. The summed E-state index contributed by atoms with van der Waals surface area (Å²) < 4.78 is 26.8. The zero-order valence-electron chi connectivity index (χ0n) is 11.5. The average Bonchev–Trinajstić information content (AvgIpc) is 2.47. The van der Waals surface area contributed by atoms with E-state index in [4.69, 9.17) is 17.3 Å². The molecule has 1 aromatic rings. The van der Waals surface area contributed by atoms with Gasteiger partial charge in [0.25, 0.3) is 0 Å². The summed E-state index contributed by atoms with van der Waals surface area (Å²) in [6, 6.07) is 4.92. The first-order chi connectivity index (χ1) is 9.48. The first kappa shape index (κ1) is 15.7. The Labute approximate surface area is 125 Å². The lowest BCUT2D eigenvalue weighted by molar-refractivity contribution is 0.196. The molecule has 0 saturated carbocycles. The quantitative estimate of drug-likeness (QED) is 0.904. The van der Waals surface area contributed by atoms with Crippen LogP contribution in [0.25, 0.3) is 0 Å². The molecule has 0 aliphatic carbocycles. The van der Waals surface area contributed by atoms with Crippen LogP contribution in [0, 0.1) is 0 Å². The maximum atomic E-state index is 12.7. The van der Waals surface area contributed by atoms with Crippen molar-refractivity contribution in [2.24, 2.45) is 5.73 Å². The van der Waals surface area contributed by atoms with Crippen molar-refractivity contribution in [3.8, 4) is 0 Å². The van der Waals surface area contributed by atoms with Crippen LogP contribution in [0.3, 0.4) is 0 Å². The van der Waals surface area contributed by atoms with E-state index >= 15 is 0 Å². The van der Waals surface area contributed by atoms with Crippen LogP contribution in [-0.2, 0) is 16.6 Å². The molecule has 0 radical (unpaired) electrons. The van der Waals surface area contributed by atoms with Gasteiger partial charge in [0.15, 0.2) is 0 Å². The number of piperazine rings is 1. The molecule has 0 atom stereocenters. The molecule has 0 spiro atoms. The van der Waals surface area contributed by atoms with Crippen LogP contribution < -0.4 is 5.73 Å². The lowest BCUT2D eigenvalue weighted by Gasteiger charge is -2.33. The minimum absolute atomic E-state index is 0.159. The van der Waals surface area contributed by atoms with E-state index in [1.807, 2.05) is 0 Å². The molecule has 5 nitrogen and oxygen atoms in total. The van der Waals surface area contributed by atoms with E-state index < -0.39 is 10.0 Å². The third kappa shape index (κ3) is 3.15. The molecule has 1 aliphatic rings. The second-order valence-electron chi connectivity index (χ2n) is 4.81. The monoisotopic (exact) mass is 317 g/mol. The van der Waals surface area contributed by atoms with Crippen LogP contribution in [-0.4, -0.2) is 50.3 Å². The molecule has 0 amide bonds. The molecule has 0 bridgehead atoms. The van der Waals surface area contributed by atoms with Crippen molar-refractivity contribution in [2.45, 2.75) is 18.4 Å². The highest BCUT2D eigenvalue weighted by Crippen LogP contribution is 2.26. The van der Waals surface area contributed by atoms with Crippen LogP contribution in [0.2, 0.25) is 5.02 Å². The first-order valence-electron chi connectivity index (χ1n) is 6.70. The Hall–Kier alpha value is -0.660. The van der Waals surface area contributed by atoms with Crippen LogP contribution in [0.5, 0.6) is 0 Å². The number of likely N-dealkylation sites (N-methyl/N-ethyl adjacent to an activating group) is 1. The molecular formula is C13H20ClN3O2S. The number of benzene rings is 1. The number of nitrogens with zero attached hydrogens (tertiary/aromatic N) is 2. The lowest BCUT2D eigenvalue weighted by Crippen LogP contribution is -2.48. The molecule has 2 N–H and O–H groups in total. The minimum Gasteiger partial charge on any atom is -0.326 e. The van der Waals surface area contributed by atoms with Crippen LogP contribution in [0.4, 0.5) is 0 Å². The van der Waals surface area contributed by atoms with E-state index in [2.05, 4.69) is 11.8 Å². The number of nitrogens with two attached hydrogens (primary N) is 1. The number of rotatable bonds is 4. The summed E-state index contributed by atoms with van der Waals surface area (Å²) in [5.74, 6) is 0. The van der Waals surface area contributed by atoms with Gasteiger partial charge in [0, 0.05) is 32.7 Å². The Morgan fingerprint density at radius 1 is 1.25 bits per heavy atom. The van der Waals surface area contributed by atoms with E-state index in [0.717, 1.165) is 25.2 Å². The highest BCUT2D eigenvalue weighted by atomic mass is 35.5. The zero-order chi connectivity index (χ0) is 14.8. The van der Waals surface area contributed by atoms with Crippen molar-refractivity contribution in [2.75, 3.05) is 32.7 Å². The lowest BCUT2D eigenvalue weighted by atomic mass is 10.2. The fraction of sp³-hybridized carbons (Fsp3) is 0.538. The summed E-state index contributed by atoms with van der Waals surface area (Å²) in [5, 5.41) is 0.250. The minimum atomic E-state index is -3.54. The van der Waals surface area contributed by atoms with Crippen LogP contribution in [0.1, 0.15) is 12.5 Å². The molecule has 1 aromatic carbocycles. The van der Waals surface area contributed by atoms with Crippen LogP contribution >= 0.6 is 11.6 Å². The SMILES string of the molecule is CCN1CCN(S(=O)(=O)c2cc(CN)ccc2Cl)CC1. The molecule has 0 aromatic heterocycles. The van der Waals surface area contributed by atoms with Crippen molar-refractivity contribution in [3.05, 3.63) is 28.8 Å².